The van der Waals surface area contributed by atoms with Crippen molar-refractivity contribution in [2.24, 2.45) is 5.92 Å². The van der Waals surface area contributed by atoms with E-state index in [2.05, 4.69) is 40.4 Å². The third-order valence-electron chi connectivity index (χ3n) is 3.47. The number of hydrogen-bond acceptors (Lipinski definition) is 6. The molecule has 0 fully saturated rings. The molecule has 20 heavy (non-hydrogen) atoms. The van der Waals surface area contributed by atoms with Crippen LogP contribution >= 0.6 is 22.9 Å². The molecule has 4 nitrogen and oxygen atoms in total. The third kappa shape index (κ3) is 3.12. The van der Waals surface area contributed by atoms with Gasteiger partial charge in [0, 0.05) is 18.5 Å². The molecule has 2 heterocycles. The highest BCUT2D eigenvalue weighted by Gasteiger charge is 2.21. The van der Waals surface area contributed by atoms with E-state index in [0.717, 1.165) is 34.4 Å². The van der Waals surface area contributed by atoms with Crippen LogP contribution in [0.4, 0.5) is 10.8 Å². The molecular formula is C14H22N4S2. The van der Waals surface area contributed by atoms with Gasteiger partial charge in [-0.25, -0.2) is 4.98 Å². The average Bonchev–Trinajstić information content (AvgIpc) is 3.01. The fourth-order valence-corrected chi connectivity index (χ4v) is 3.59. The zero-order valence-electron chi connectivity index (χ0n) is 12.5. The van der Waals surface area contributed by atoms with Crippen molar-refractivity contribution >= 4 is 33.7 Å². The molecule has 2 rings (SSSR count). The summed E-state index contributed by atoms with van der Waals surface area (Å²) in [6.07, 6.45) is 1.18. The predicted molar refractivity (Wildman–Crippen MR) is 89.7 cm³/mol. The maximum absolute atomic E-state index is 6.08. The molecule has 0 saturated heterocycles. The second-order valence-corrected chi connectivity index (χ2v) is 6.87. The standard InChI is InChI=1S/C14H22N4S2/c1-5-9(3)7-18(6-2)14-12(13(15)17-20-14)11-8-19-10(4)16-11/h8-9H,5-7H2,1-4H3,(H2,15,17). The molecule has 0 bridgehead atoms. The summed E-state index contributed by atoms with van der Waals surface area (Å²) in [5.41, 5.74) is 8.03. The number of nitrogen functional groups attached to an aromatic ring is 1. The van der Waals surface area contributed by atoms with E-state index in [-0.39, 0.29) is 0 Å². The van der Waals surface area contributed by atoms with Gasteiger partial charge in [0.15, 0.2) is 0 Å². The van der Waals surface area contributed by atoms with E-state index in [1.165, 1.54) is 18.0 Å². The molecule has 110 valence electrons. The Morgan fingerprint density at radius 3 is 2.70 bits per heavy atom. The van der Waals surface area contributed by atoms with Crippen molar-refractivity contribution in [1.82, 2.24) is 9.36 Å². The summed E-state index contributed by atoms with van der Waals surface area (Å²) in [7, 11) is 0. The van der Waals surface area contributed by atoms with Crippen LogP contribution in [0.15, 0.2) is 5.38 Å². The smallest absolute Gasteiger partial charge is 0.148 e. The van der Waals surface area contributed by atoms with E-state index in [0.29, 0.717) is 11.7 Å². The molecule has 0 amide bonds. The van der Waals surface area contributed by atoms with Gasteiger partial charge < -0.3 is 10.6 Å². The number of nitrogens with two attached hydrogens (primary N) is 1. The van der Waals surface area contributed by atoms with E-state index >= 15 is 0 Å². The Morgan fingerprint density at radius 2 is 2.15 bits per heavy atom. The lowest BCUT2D eigenvalue weighted by Crippen LogP contribution is -2.27. The van der Waals surface area contributed by atoms with Crippen molar-refractivity contribution in [2.45, 2.75) is 34.1 Å². The Kier molecular flexibility index (Phi) is 4.99. The van der Waals surface area contributed by atoms with E-state index in [1.54, 1.807) is 11.3 Å². The van der Waals surface area contributed by atoms with Gasteiger partial charge in [0.25, 0.3) is 0 Å². The van der Waals surface area contributed by atoms with E-state index < -0.39 is 0 Å². The van der Waals surface area contributed by atoms with Crippen LogP contribution in [-0.4, -0.2) is 22.4 Å². The summed E-state index contributed by atoms with van der Waals surface area (Å²) in [6.45, 7) is 10.7. The van der Waals surface area contributed by atoms with Crippen LogP contribution in [0.1, 0.15) is 32.2 Å². The second-order valence-electron chi connectivity index (χ2n) is 5.05. The monoisotopic (exact) mass is 310 g/mol. The minimum atomic E-state index is 0.595. The van der Waals surface area contributed by atoms with Gasteiger partial charge in [-0.3, -0.25) is 0 Å². The Morgan fingerprint density at radius 1 is 1.40 bits per heavy atom. The number of nitrogens with zero attached hydrogens (tertiary/aromatic N) is 3. The number of aryl methyl sites for hydroxylation is 1. The summed E-state index contributed by atoms with van der Waals surface area (Å²) in [4.78, 5) is 6.94. The molecule has 0 spiro atoms. The zero-order valence-corrected chi connectivity index (χ0v) is 14.1. The van der Waals surface area contributed by atoms with E-state index in [9.17, 15) is 0 Å². The molecule has 0 radical (unpaired) electrons. The summed E-state index contributed by atoms with van der Waals surface area (Å²) in [6, 6.07) is 0. The normalized spacial score (nSPS) is 12.6. The first-order valence-corrected chi connectivity index (χ1v) is 8.64. The molecule has 0 aliphatic carbocycles. The third-order valence-corrected chi connectivity index (χ3v) is 5.17. The number of rotatable bonds is 6. The van der Waals surface area contributed by atoms with Crippen LogP contribution in [0, 0.1) is 12.8 Å². The molecule has 0 aromatic carbocycles. The van der Waals surface area contributed by atoms with Crippen molar-refractivity contribution < 1.29 is 0 Å². The Labute approximate surface area is 128 Å². The number of anilines is 2. The first-order valence-electron chi connectivity index (χ1n) is 6.99. The summed E-state index contributed by atoms with van der Waals surface area (Å²) < 4.78 is 4.35. The van der Waals surface area contributed by atoms with Crippen LogP contribution in [-0.2, 0) is 0 Å². The second kappa shape index (κ2) is 6.54. The number of thiazole rings is 1. The molecule has 0 aliphatic heterocycles. The molecule has 2 aromatic rings. The van der Waals surface area contributed by atoms with Crippen molar-refractivity contribution in [2.75, 3.05) is 23.7 Å². The number of hydrogen-bond donors (Lipinski definition) is 1. The first kappa shape index (κ1) is 15.3. The van der Waals surface area contributed by atoms with Gasteiger partial charge in [-0.2, -0.15) is 4.37 Å². The fourth-order valence-electron chi connectivity index (χ4n) is 2.09. The molecule has 0 aliphatic rings. The minimum absolute atomic E-state index is 0.595. The van der Waals surface area contributed by atoms with Gasteiger partial charge >= 0.3 is 0 Å². The van der Waals surface area contributed by atoms with Crippen LogP contribution < -0.4 is 10.6 Å². The molecule has 2 aromatic heterocycles. The average molecular weight is 310 g/mol. The maximum atomic E-state index is 6.08. The van der Waals surface area contributed by atoms with E-state index in [4.69, 9.17) is 5.73 Å². The molecule has 6 heteroatoms. The lowest BCUT2D eigenvalue weighted by Gasteiger charge is -2.25. The quantitative estimate of drug-likeness (QED) is 0.875. The van der Waals surface area contributed by atoms with Gasteiger partial charge in [0.05, 0.1) is 16.3 Å². The predicted octanol–water partition coefficient (Wildman–Crippen LogP) is 4.03. The largest absolute Gasteiger partial charge is 0.382 e. The van der Waals surface area contributed by atoms with Crippen molar-refractivity contribution in [3.05, 3.63) is 10.4 Å². The topological polar surface area (TPSA) is 55.0 Å². The van der Waals surface area contributed by atoms with Crippen molar-refractivity contribution in [3.8, 4) is 11.3 Å². The highest BCUT2D eigenvalue weighted by atomic mass is 32.1. The van der Waals surface area contributed by atoms with Crippen molar-refractivity contribution in [1.29, 1.82) is 0 Å². The van der Waals surface area contributed by atoms with Crippen LogP contribution in [0.3, 0.4) is 0 Å². The zero-order chi connectivity index (χ0) is 14.7. The Hall–Kier alpha value is -1.14. The highest BCUT2D eigenvalue weighted by Crippen LogP contribution is 2.39. The van der Waals surface area contributed by atoms with Gasteiger partial charge in [-0.1, -0.05) is 20.3 Å². The lowest BCUT2D eigenvalue weighted by molar-refractivity contribution is 0.550. The highest BCUT2D eigenvalue weighted by molar-refractivity contribution is 7.11. The first-order chi connectivity index (χ1) is 9.56. The van der Waals surface area contributed by atoms with Gasteiger partial charge in [0.1, 0.15) is 10.8 Å². The Balaban J connectivity index is 2.36. The molecule has 0 saturated carbocycles. The maximum Gasteiger partial charge on any atom is 0.148 e. The van der Waals surface area contributed by atoms with Crippen LogP contribution in [0.2, 0.25) is 0 Å². The molecule has 2 N–H and O–H groups in total. The van der Waals surface area contributed by atoms with Crippen LogP contribution in [0.5, 0.6) is 0 Å². The molecular weight excluding hydrogens is 288 g/mol. The van der Waals surface area contributed by atoms with Crippen LogP contribution in [0.25, 0.3) is 11.3 Å². The van der Waals surface area contributed by atoms with Gasteiger partial charge in [-0.15, -0.1) is 11.3 Å². The summed E-state index contributed by atoms with van der Waals surface area (Å²) >= 11 is 3.13. The Bertz CT molecular complexity index is 561. The lowest BCUT2D eigenvalue weighted by atomic mass is 10.1. The minimum Gasteiger partial charge on any atom is -0.382 e. The fraction of sp³-hybridized carbons (Fsp3) is 0.571. The van der Waals surface area contributed by atoms with Gasteiger partial charge in [-0.05, 0) is 31.3 Å². The van der Waals surface area contributed by atoms with E-state index in [1.807, 2.05) is 6.92 Å². The number of aromatic nitrogens is 2. The summed E-state index contributed by atoms with van der Waals surface area (Å²) in [5.74, 6) is 1.25. The molecule has 1 atom stereocenters. The van der Waals surface area contributed by atoms with Crippen molar-refractivity contribution in [3.63, 3.8) is 0 Å². The summed E-state index contributed by atoms with van der Waals surface area (Å²) in [5, 5.41) is 4.27. The van der Waals surface area contributed by atoms with Gasteiger partial charge in [0.2, 0.25) is 0 Å². The SMILES string of the molecule is CCC(C)CN(CC)c1snc(N)c1-c1csc(C)n1. The molecule has 1 unspecified atom stereocenters.